The van der Waals surface area contributed by atoms with Crippen LogP contribution in [0.15, 0.2) is 41.4 Å². The molecule has 0 aliphatic heterocycles. The molecule has 0 saturated heterocycles. The van der Waals surface area contributed by atoms with Crippen LogP contribution >= 0.6 is 11.3 Å². The minimum atomic E-state index is 0.126. The van der Waals surface area contributed by atoms with Crippen molar-refractivity contribution >= 4 is 28.3 Å². The highest BCUT2D eigenvalue weighted by Crippen LogP contribution is 2.27. The van der Waals surface area contributed by atoms with Gasteiger partial charge in [0, 0.05) is 25.2 Å². The minimum Gasteiger partial charge on any atom is -0.334 e. The molecule has 0 atom stereocenters. The van der Waals surface area contributed by atoms with E-state index < -0.39 is 0 Å². The maximum Gasteiger partial charge on any atom is 0.254 e. The van der Waals surface area contributed by atoms with E-state index in [9.17, 15) is 4.79 Å². The fourth-order valence-corrected chi connectivity index (χ4v) is 4.26. The number of amides is 1. The van der Waals surface area contributed by atoms with E-state index in [4.69, 9.17) is 0 Å². The molecule has 1 aliphatic carbocycles. The van der Waals surface area contributed by atoms with Crippen LogP contribution in [0.2, 0.25) is 0 Å². The van der Waals surface area contributed by atoms with Gasteiger partial charge in [-0.2, -0.15) is 11.3 Å². The van der Waals surface area contributed by atoms with Crippen LogP contribution in [0.3, 0.4) is 0 Å². The van der Waals surface area contributed by atoms with Crippen molar-refractivity contribution in [1.82, 2.24) is 14.5 Å². The Kier molecular flexibility index (Phi) is 4.10. The van der Waals surface area contributed by atoms with Crippen LogP contribution < -0.4 is 0 Å². The predicted octanol–water partition coefficient (Wildman–Crippen LogP) is 4.22. The van der Waals surface area contributed by atoms with Crippen LogP contribution in [-0.4, -0.2) is 26.4 Å². The molecule has 1 aromatic carbocycles. The molecule has 0 spiro atoms. The number of imidazole rings is 1. The fraction of sp³-hybridized carbons (Fsp3) is 0.368. The Morgan fingerprint density at radius 3 is 2.92 bits per heavy atom. The van der Waals surface area contributed by atoms with Crippen molar-refractivity contribution in [3.8, 4) is 0 Å². The number of aromatic nitrogens is 2. The average Bonchev–Trinajstić information content (AvgIpc) is 3.34. The number of hydrogen-bond donors (Lipinski definition) is 0. The number of hydrogen-bond acceptors (Lipinski definition) is 3. The molecular weight excluding hydrogens is 318 g/mol. The van der Waals surface area contributed by atoms with Gasteiger partial charge in [-0.15, -0.1) is 0 Å². The Hall–Kier alpha value is -2.14. The fourth-order valence-electron chi connectivity index (χ4n) is 3.60. The summed E-state index contributed by atoms with van der Waals surface area (Å²) in [7, 11) is 1.97. The molecule has 1 amide bonds. The number of carbonyl (C=O) groups excluding carboxylic acids is 1. The molecule has 0 N–H and O–H groups in total. The van der Waals surface area contributed by atoms with Gasteiger partial charge < -0.3 is 9.47 Å². The first-order chi connectivity index (χ1) is 11.7. The number of aryl methyl sites for hydroxylation is 1. The van der Waals surface area contributed by atoms with E-state index in [1.54, 1.807) is 17.7 Å². The van der Waals surface area contributed by atoms with Gasteiger partial charge in [-0.05, 0) is 53.4 Å². The summed E-state index contributed by atoms with van der Waals surface area (Å²) < 4.78 is 1.98. The van der Waals surface area contributed by atoms with Crippen LogP contribution in [0.25, 0.3) is 11.0 Å². The highest BCUT2D eigenvalue weighted by molar-refractivity contribution is 7.07. The highest BCUT2D eigenvalue weighted by atomic mass is 32.1. The van der Waals surface area contributed by atoms with Crippen molar-refractivity contribution in [1.29, 1.82) is 0 Å². The Morgan fingerprint density at radius 1 is 1.33 bits per heavy atom. The molecule has 1 aliphatic rings. The maximum absolute atomic E-state index is 13.2. The van der Waals surface area contributed by atoms with E-state index in [0.717, 1.165) is 29.4 Å². The second-order valence-electron chi connectivity index (χ2n) is 6.56. The molecule has 1 saturated carbocycles. The van der Waals surface area contributed by atoms with Crippen molar-refractivity contribution in [2.24, 2.45) is 7.05 Å². The van der Waals surface area contributed by atoms with E-state index >= 15 is 0 Å². The number of nitrogens with zero attached hydrogens (tertiary/aromatic N) is 3. The Balaban J connectivity index is 1.65. The summed E-state index contributed by atoms with van der Waals surface area (Å²) in [5.74, 6) is 0.126. The minimum absolute atomic E-state index is 0.126. The largest absolute Gasteiger partial charge is 0.334 e. The van der Waals surface area contributed by atoms with Crippen molar-refractivity contribution in [2.75, 3.05) is 0 Å². The van der Waals surface area contributed by atoms with Crippen molar-refractivity contribution in [2.45, 2.75) is 38.3 Å². The second-order valence-corrected chi connectivity index (χ2v) is 7.34. The predicted molar refractivity (Wildman–Crippen MR) is 97.2 cm³/mol. The van der Waals surface area contributed by atoms with Gasteiger partial charge in [-0.3, -0.25) is 4.79 Å². The standard InChI is InChI=1S/C19H21N3OS/c1-21-13-20-17-10-15(6-7-18(17)21)19(23)22(16-4-2-3-5-16)11-14-8-9-24-12-14/h6-10,12-13,16H,2-5,11H2,1H3. The Morgan fingerprint density at radius 2 is 2.17 bits per heavy atom. The molecule has 124 valence electrons. The second kappa shape index (κ2) is 6.40. The number of thiophene rings is 1. The normalized spacial score (nSPS) is 15.2. The lowest BCUT2D eigenvalue weighted by atomic mass is 10.1. The van der Waals surface area contributed by atoms with E-state index in [1.807, 2.05) is 29.8 Å². The molecule has 0 bridgehead atoms. The first kappa shape index (κ1) is 15.4. The third-order valence-electron chi connectivity index (χ3n) is 4.93. The summed E-state index contributed by atoms with van der Waals surface area (Å²) in [6, 6.07) is 8.32. The zero-order valence-electron chi connectivity index (χ0n) is 13.8. The van der Waals surface area contributed by atoms with Gasteiger partial charge in [0.15, 0.2) is 0 Å². The SMILES string of the molecule is Cn1cnc2cc(C(=O)N(Cc3ccsc3)C3CCCC3)ccc21. The summed E-state index contributed by atoms with van der Waals surface area (Å²) in [6.45, 7) is 0.702. The van der Waals surface area contributed by atoms with Crippen LogP contribution in [0, 0.1) is 0 Å². The molecule has 0 radical (unpaired) electrons. The molecule has 24 heavy (non-hydrogen) atoms. The molecule has 3 aromatic rings. The average molecular weight is 339 g/mol. The number of carbonyl (C=O) groups is 1. The van der Waals surface area contributed by atoms with E-state index in [1.165, 1.54) is 18.4 Å². The number of rotatable bonds is 4. The molecule has 2 aromatic heterocycles. The van der Waals surface area contributed by atoms with Crippen molar-refractivity contribution < 1.29 is 4.79 Å². The van der Waals surface area contributed by atoms with Gasteiger partial charge in [-0.1, -0.05) is 12.8 Å². The van der Waals surface area contributed by atoms with Gasteiger partial charge in [0.05, 0.1) is 17.4 Å². The van der Waals surface area contributed by atoms with Gasteiger partial charge in [0.25, 0.3) is 5.91 Å². The Bertz CT molecular complexity index is 847. The van der Waals surface area contributed by atoms with Gasteiger partial charge in [0.1, 0.15) is 0 Å². The van der Waals surface area contributed by atoms with E-state index in [-0.39, 0.29) is 5.91 Å². The van der Waals surface area contributed by atoms with Crippen LogP contribution in [-0.2, 0) is 13.6 Å². The number of fused-ring (bicyclic) bond motifs is 1. The molecular formula is C19H21N3OS. The molecule has 1 fully saturated rings. The van der Waals surface area contributed by atoms with Crippen LogP contribution in [0.1, 0.15) is 41.6 Å². The van der Waals surface area contributed by atoms with Crippen LogP contribution in [0.5, 0.6) is 0 Å². The molecule has 5 heteroatoms. The third kappa shape index (κ3) is 2.84. The summed E-state index contributed by atoms with van der Waals surface area (Å²) >= 11 is 1.69. The lowest BCUT2D eigenvalue weighted by Crippen LogP contribution is -2.38. The first-order valence-corrected chi connectivity index (χ1v) is 9.40. The first-order valence-electron chi connectivity index (χ1n) is 8.45. The highest BCUT2D eigenvalue weighted by Gasteiger charge is 2.28. The summed E-state index contributed by atoms with van der Waals surface area (Å²) in [5.41, 5.74) is 3.89. The van der Waals surface area contributed by atoms with E-state index in [2.05, 4.69) is 26.7 Å². The molecule has 2 heterocycles. The molecule has 4 nitrogen and oxygen atoms in total. The van der Waals surface area contributed by atoms with Crippen molar-refractivity contribution in [3.63, 3.8) is 0 Å². The quantitative estimate of drug-likeness (QED) is 0.714. The zero-order chi connectivity index (χ0) is 16.5. The lowest BCUT2D eigenvalue weighted by Gasteiger charge is -2.29. The topological polar surface area (TPSA) is 38.1 Å². The van der Waals surface area contributed by atoms with Gasteiger partial charge in [-0.25, -0.2) is 4.98 Å². The van der Waals surface area contributed by atoms with Crippen LogP contribution in [0.4, 0.5) is 0 Å². The number of benzene rings is 1. The summed E-state index contributed by atoms with van der Waals surface area (Å²) in [5, 5.41) is 4.21. The van der Waals surface area contributed by atoms with Gasteiger partial charge >= 0.3 is 0 Å². The molecule has 4 rings (SSSR count). The monoisotopic (exact) mass is 339 g/mol. The lowest BCUT2D eigenvalue weighted by molar-refractivity contribution is 0.0665. The zero-order valence-corrected chi connectivity index (χ0v) is 14.6. The van der Waals surface area contributed by atoms with Crippen molar-refractivity contribution in [3.05, 3.63) is 52.5 Å². The molecule has 0 unspecified atom stereocenters. The smallest absolute Gasteiger partial charge is 0.254 e. The van der Waals surface area contributed by atoms with Gasteiger partial charge in [0.2, 0.25) is 0 Å². The Labute approximate surface area is 145 Å². The third-order valence-corrected chi connectivity index (χ3v) is 5.66. The summed E-state index contributed by atoms with van der Waals surface area (Å²) in [4.78, 5) is 19.7. The summed E-state index contributed by atoms with van der Waals surface area (Å²) in [6.07, 6.45) is 6.46. The van der Waals surface area contributed by atoms with E-state index in [0.29, 0.717) is 12.6 Å². The maximum atomic E-state index is 13.2.